The Kier molecular flexibility index (Phi) is 4.15. The molecule has 4 rings (SSSR count). The summed E-state index contributed by atoms with van der Waals surface area (Å²) in [4.78, 5) is 14.0. The Morgan fingerprint density at radius 3 is 2.74 bits per heavy atom. The SMILES string of the molecule is Cc1cc(N2c3ccncc3NC2c2c(Cl)cccc2C(F)(F)F)ncn1. The highest BCUT2D eigenvalue weighted by molar-refractivity contribution is 6.31. The van der Waals surface area contributed by atoms with Crippen LogP contribution in [0.15, 0.2) is 49.1 Å². The van der Waals surface area contributed by atoms with Crippen molar-refractivity contribution in [1.29, 1.82) is 0 Å². The number of aromatic nitrogens is 3. The highest BCUT2D eigenvalue weighted by atomic mass is 35.5. The van der Waals surface area contributed by atoms with Gasteiger partial charge in [-0.25, -0.2) is 9.97 Å². The summed E-state index contributed by atoms with van der Waals surface area (Å²) < 4.78 is 41.0. The van der Waals surface area contributed by atoms with E-state index in [4.69, 9.17) is 11.6 Å². The normalized spacial score (nSPS) is 16.2. The summed E-state index contributed by atoms with van der Waals surface area (Å²) in [5.74, 6) is 0.456. The number of anilines is 3. The molecule has 27 heavy (non-hydrogen) atoms. The zero-order chi connectivity index (χ0) is 19.2. The molecule has 0 saturated heterocycles. The Balaban J connectivity index is 1.94. The number of halogens is 4. The molecule has 0 bridgehead atoms. The molecule has 0 aliphatic carbocycles. The fraction of sp³-hybridized carbons (Fsp3) is 0.167. The first-order valence-electron chi connectivity index (χ1n) is 8.00. The molecule has 1 aliphatic heterocycles. The summed E-state index contributed by atoms with van der Waals surface area (Å²) in [6.07, 6.45) is -0.953. The van der Waals surface area contributed by atoms with E-state index in [1.165, 1.54) is 18.5 Å². The molecule has 138 valence electrons. The molecule has 9 heteroatoms. The first-order chi connectivity index (χ1) is 12.9. The molecule has 0 spiro atoms. The number of benzene rings is 1. The fourth-order valence-corrected chi connectivity index (χ4v) is 3.43. The van der Waals surface area contributed by atoms with E-state index in [9.17, 15) is 13.2 Å². The number of alkyl halides is 3. The van der Waals surface area contributed by atoms with Gasteiger partial charge >= 0.3 is 6.18 Å². The number of nitrogens with zero attached hydrogens (tertiary/aromatic N) is 4. The molecule has 0 fully saturated rings. The molecular weight excluding hydrogens is 379 g/mol. The summed E-state index contributed by atoms with van der Waals surface area (Å²) in [7, 11) is 0. The Hall–Kier alpha value is -2.87. The van der Waals surface area contributed by atoms with Gasteiger partial charge in [0.1, 0.15) is 18.3 Å². The van der Waals surface area contributed by atoms with Gasteiger partial charge in [-0.1, -0.05) is 17.7 Å². The summed E-state index contributed by atoms with van der Waals surface area (Å²) in [6.45, 7) is 1.79. The van der Waals surface area contributed by atoms with Crippen molar-refractivity contribution in [2.75, 3.05) is 10.2 Å². The third-order valence-electron chi connectivity index (χ3n) is 4.28. The van der Waals surface area contributed by atoms with Crippen LogP contribution in [0.5, 0.6) is 0 Å². The zero-order valence-corrected chi connectivity index (χ0v) is 14.8. The molecular formula is C18H13ClF3N5. The maximum absolute atomic E-state index is 13.7. The highest BCUT2D eigenvalue weighted by Crippen LogP contribution is 2.49. The largest absolute Gasteiger partial charge is 0.416 e. The lowest BCUT2D eigenvalue weighted by Gasteiger charge is -2.29. The second kappa shape index (κ2) is 6.38. The number of nitrogens with one attached hydrogen (secondary N) is 1. The van der Waals surface area contributed by atoms with Gasteiger partial charge in [0.25, 0.3) is 0 Å². The lowest BCUT2D eigenvalue weighted by Crippen LogP contribution is -2.27. The van der Waals surface area contributed by atoms with Crippen molar-refractivity contribution >= 4 is 28.8 Å². The van der Waals surface area contributed by atoms with Gasteiger partial charge in [0.15, 0.2) is 0 Å². The van der Waals surface area contributed by atoms with Crippen LogP contribution in [0.2, 0.25) is 5.02 Å². The minimum Gasteiger partial charge on any atom is -0.358 e. The third-order valence-corrected chi connectivity index (χ3v) is 4.61. The Morgan fingerprint density at radius 1 is 1.19 bits per heavy atom. The second-order valence-corrected chi connectivity index (χ2v) is 6.43. The average Bonchev–Trinajstić information content (AvgIpc) is 2.99. The Morgan fingerprint density at radius 2 is 2.00 bits per heavy atom. The molecule has 0 amide bonds. The molecule has 3 heterocycles. The highest BCUT2D eigenvalue weighted by Gasteiger charge is 2.41. The minimum atomic E-state index is -4.55. The Labute approximate surface area is 157 Å². The molecule has 1 unspecified atom stereocenters. The molecule has 1 aliphatic rings. The maximum Gasteiger partial charge on any atom is 0.416 e. The number of pyridine rings is 1. The first kappa shape index (κ1) is 17.5. The number of hydrogen-bond acceptors (Lipinski definition) is 5. The number of rotatable bonds is 2. The fourth-order valence-electron chi connectivity index (χ4n) is 3.15. The number of aryl methyl sites for hydroxylation is 1. The van der Waals surface area contributed by atoms with Crippen molar-refractivity contribution in [2.24, 2.45) is 0 Å². The predicted octanol–water partition coefficient (Wildman–Crippen LogP) is 5.11. The zero-order valence-electron chi connectivity index (χ0n) is 14.0. The van der Waals surface area contributed by atoms with E-state index >= 15 is 0 Å². The molecule has 1 atom stereocenters. The van der Waals surface area contributed by atoms with Gasteiger partial charge in [-0.15, -0.1) is 0 Å². The van der Waals surface area contributed by atoms with Gasteiger partial charge in [0.2, 0.25) is 0 Å². The molecule has 3 aromatic rings. The molecule has 2 aromatic heterocycles. The van der Waals surface area contributed by atoms with Crippen LogP contribution in [-0.4, -0.2) is 15.0 Å². The van der Waals surface area contributed by atoms with Crippen LogP contribution in [0.25, 0.3) is 0 Å². The lowest BCUT2D eigenvalue weighted by atomic mass is 10.0. The summed E-state index contributed by atoms with van der Waals surface area (Å²) in [5, 5.41) is 3.10. The quantitative estimate of drug-likeness (QED) is 0.657. The van der Waals surface area contributed by atoms with Gasteiger partial charge in [-0.2, -0.15) is 13.2 Å². The van der Waals surface area contributed by atoms with Gasteiger partial charge < -0.3 is 5.32 Å². The second-order valence-electron chi connectivity index (χ2n) is 6.03. The van der Waals surface area contributed by atoms with Crippen molar-refractivity contribution in [2.45, 2.75) is 19.3 Å². The maximum atomic E-state index is 13.7. The predicted molar refractivity (Wildman–Crippen MR) is 96.0 cm³/mol. The van der Waals surface area contributed by atoms with Crippen molar-refractivity contribution < 1.29 is 13.2 Å². The third kappa shape index (κ3) is 3.06. The lowest BCUT2D eigenvalue weighted by molar-refractivity contribution is -0.138. The van der Waals surface area contributed by atoms with Crippen LogP contribution < -0.4 is 10.2 Å². The van der Waals surface area contributed by atoms with E-state index < -0.39 is 17.9 Å². The Bertz CT molecular complexity index is 1010. The van der Waals surface area contributed by atoms with Gasteiger partial charge in [0, 0.05) is 28.5 Å². The van der Waals surface area contributed by atoms with Gasteiger partial charge in [-0.05, 0) is 25.1 Å². The van der Waals surface area contributed by atoms with Crippen LogP contribution in [-0.2, 0) is 6.18 Å². The van der Waals surface area contributed by atoms with Gasteiger partial charge in [-0.3, -0.25) is 9.88 Å². The first-order valence-corrected chi connectivity index (χ1v) is 8.38. The summed E-state index contributed by atoms with van der Waals surface area (Å²) in [5.41, 5.74) is 1.06. The van der Waals surface area contributed by atoms with Crippen LogP contribution >= 0.6 is 11.6 Å². The van der Waals surface area contributed by atoms with Crippen LogP contribution in [0, 0.1) is 6.92 Å². The minimum absolute atomic E-state index is 0.0128. The molecule has 5 nitrogen and oxygen atoms in total. The monoisotopic (exact) mass is 391 g/mol. The number of fused-ring (bicyclic) bond motifs is 1. The standard InChI is InChI=1S/C18H13ClF3N5/c1-10-7-15(25-9-24-10)27-14-5-6-23-8-13(14)26-17(27)16-11(18(20,21)22)3-2-4-12(16)19/h2-9,17,26H,1H3. The molecule has 0 radical (unpaired) electrons. The van der Waals surface area contributed by atoms with Gasteiger partial charge in [0.05, 0.1) is 23.1 Å². The van der Waals surface area contributed by atoms with E-state index in [1.807, 2.05) is 0 Å². The molecule has 0 saturated carbocycles. The van der Waals surface area contributed by atoms with Crippen molar-refractivity contribution in [3.63, 3.8) is 0 Å². The molecule has 1 aromatic carbocycles. The smallest absolute Gasteiger partial charge is 0.358 e. The van der Waals surface area contributed by atoms with Crippen LogP contribution in [0.3, 0.4) is 0 Å². The topological polar surface area (TPSA) is 53.9 Å². The summed E-state index contributed by atoms with van der Waals surface area (Å²) in [6, 6.07) is 7.17. The van der Waals surface area contributed by atoms with Crippen molar-refractivity contribution in [1.82, 2.24) is 15.0 Å². The van der Waals surface area contributed by atoms with Crippen LogP contribution in [0.1, 0.15) is 23.0 Å². The van der Waals surface area contributed by atoms with Crippen molar-refractivity contribution in [3.8, 4) is 0 Å². The van der Waals surface area contributed by atoms with Crippen LogP contribution in [0.4, 0.5) is 30.4 Å². The average molecular weight is 392 g/mol. The van der Waals surface area contributed by atoms with E-state index in [1.54, 1.807) is 36.4 Å². The van der Waals surface area contributed by atoms with E-state index in [0.29, 0.717) is 22.9 Å². The van der Waals surface area contributed by atoms with E-state index in [-0.39, 0.29) is 10.6 Å². The number of hydrogen-bond donors (Lipinski definition) is 1. The summed E-state index contributed by atoms with van der Waals surface area (Å²) >= 11 is 6.23. The van der Waals surface area contributed by atoms with Crippen molar-refractivity contribution in [3.05, 3.63) is 70.9 Å². The van der Waals surface area contributed by atoms with E-state index in [0.717, 1.165) is 6.07 Å². The van der Waals surface area contributed by atoms with E-state index in [2.05, 4.69) is 20.3 Å². The molecule has 1 N–H and O–H groups in total.